The van der Waals surface area contributed by atoms with Crippen molar-refractivity contribution in [1.82, 2.24) is 4.90 Å². The summed E-state index contributed by atoms with van der Waals surface area (Å²) in [5.74, 6) is 0.361. The zero-order valence-corrected chi connectivity index (χ0v) is 10.9. The van der Waals surface area contributed by atoms with Crippen molar-refractivity contribution in [3.05, 3.63) is 0 Å². The van der Waals surface area contributed by atoms with Crippen molar-refractivity contribution >= 4 is 5.91 Å². The highest BCUT2D eigenvalue weighted by molar-refractivity contribution is 5.83. The van der Waals surface area contributed by atoms with Crippen LogP contribution in [0.2, 0.25) is 0 Å². The van der Waals surface area contributed by atoms with Gasteiger partial charge in [0.25, 0.3) is 0 Å². The van der Waals surface area contributed by atoms with Gasteiger partial charge in [0.2, 0.25) is 5.91 Å². The van der Waals surface area contributed by atoms with E-state index in [9.17, 15) is 4.79 Å². The van der Waals surface area contributed by atoms with E-state index in [1.807, 2.05) is 0 Å². The van der Waals surface area contributed by atoms with Crippen LogP contribution in [0, 0.1) is 5.41 Å². The molecule has 98 valence electrons. The summed E-state index contributed by atoms with van der Waals surface area (Å²) in [6, 6.07) is 0. The first kappa shape index (κ1) is 12.9. The van der Waals surface area contributed by atoms with E-state index in [4.69, 9.17) is 5.73 Å². The molecule has 17 heavy (non-hydrogen) atoms. The number of rotatable bonds is 2. The molecule has 0 unspecified atom stereocenters. The van der Waals surface area contributed by atoms with Crippen LogP contribution in [0.4, 0.5) is 0 Å². The third kappa shape index (κ3) is 2.82. The van der Waals surface area contributed by atoms with E-state index in [0.29, 0.717) is 12.5 Å². The van der Waals surface area contributed by atoms with Gasteiger partial charge in [-0.2, -0.15) is 0 Å². The van der Waals surface area contributed by atoms with E-state index in [2.05, 4.69) is 4.90 Å². The van der Waals surface area contributed by atoms with Crippen molar-refractivity contribution in [2.45, 2.75) is 57.8 Å². The summed E-state index contributed by atoms with van der Waals surface area (Å²) >= 11 is 0. The van der Waals surface area contributed by atoms with Crippen molar-refractivity contribution in [3.63, 3.8) is 0 Å². The maximum absolute atomic E-state index is 12.7. The van der Waals surface area contributed by atoms with Crippen LogP contribution in [0.5, 0.6) is 0 Å². The number of amides is 1. The fraction of sp³-hybridized carbons (Fsp3) is 0.929. The molecule has 2 fully saturated rings. The Morgan fingerprint density at radius 2 is 1.47 bits per heavy atom. The van der Waals surface area contributed by atoms with E-state index >= 15 is 0 Å². The smallest absolute Gasteiger partial charge is 0.230 e. The number of hydrogen-bond acceptors (Lipinski definition) is 2. The predicted molar refractivity (Wildman–Crippen MR) is 69.6 cm³/mol. The summed E-state index contributed by atoms with van der Waals surface area (Å²) in [6.45, 7) is 2.46. The van der Waals surface area contributed by atoms with E-state index in [0.717, 1.165) is 25.9 Å². The van der Waals surface area contributed by atoms with Gasteiger partial charge in [0, 0.05) is 19.6 Å². The molecular formula is C14H26N2O. The van der Waals surface area contributed by atoms with Gasteiger partial charge in [0.05, 0.1) is 5.41 Å². The minimum Gasteiger partial charge on any atom is -0.342 e. The van der Waals surface area contributed by atoms with E-state index in [1.165, 1.54) is 44.9 Å². The highest BCUT2D eigenvalue weighted by Gasteiger charge is 2.42. The summed E-state index contributed by atoms with van der Waals surface area (Å²) in [5, 5.41) is 0. The molecule has 0 spiro atoms. The number of likely N-dealkylation sites (tertiary alicyclic amines) is 1. The number of nitrogens with zero attached hydrogens (tertiary/aromatic N) is 1. The molecule has 1 heterocycles. The van der Waals surface area contributed by atoms with E-state index in [-0.39, 0.29) is 5.41 Å². The number of hydrogen-bond donors (Lipinski definition) is 1. The first-order valence-corrected chi connectivity index (χ1v) is 7.28. The molecule has 3 heteroatoms. The van der Waals surface area contributed by atoms with Crippen LogP contribution in [0.3, 0.4) is 0 Å². The maximum Gasteiger partial charge on any atom is 0.230 e. The third-order valence-electron chi connectivity index (χ3n) is 4.55. The first-order chi connectivity index (χ1) is 8.28. The lowest BCUT2D eigenvalue weighted by Crippen LogP contribution is -2.47. The summed E-state index contributed by atoms with van der Waals surface area (Å²) in [5.41, 5.74) is 5.70. The molecule has 1 aliphatic heterocycles. The minimum absolute atomic E-state index is 0.195. The lowest BCUT2D eigenvalue weighted by molar-refractivity contribution is -0.141. The molecule has 0 aromatic rings. The van der Waals surface area contributed by atoms with Crippen molar-refractivity contribution in [2.24, 2.45) is 11.1 Å². The van der Waals surface area contributed by atoms with Crippen molar-refractivity contribution in [3.8, 4) is 0 Å². The zero-order chi connectivity index (χ0) is 12.1. The second-order valence-electron chi connectivity index (χ2n) is 5.75. The highest BCUT2D eigenvalue weighted by Crippen LogP contribution is 2.39. The molecule has 1 saturated carbocycles. The Morgan fingerprint density at radius 3 is 2.00 bits per heavy atom. The highest BCUT2D eigenvalue weighted by atomic mass is 16.2. The van der Waals surface area contributed by atoms with Gasteiger partial charge >= 0.3 is 0 Å². The van der Waals surface area contributed by atoms with Crippen LogP contribution in [-0.4, -0.2) is 30.4 Å². The fourth-order valence-corrected chi connectivity index (χ4v) is 3.34. The average molecular weight is 238 g/mol. The molecule has 3 nitrogen and oxygen atoms in total. The van der Waals surface area contributed by atoms with Crippen LogP contribution >= 0.6 is 0 Å². The Labute approximate surface area is 105 Å². The summed E-state index contributed by atoms with van der Waals surface area (Å²) < 4.78 is 0. The van der Waals surface area contributed by atoms with Gasteiger partial charge < -0.3 is 10.6 Å². The van der Waals surface area contributed by atoms with Gasteiger partial charge in [0.1, 0.15) is 0 Å². The number of carbonyl (C=O) groups is 1. The minimum atomic E-state index is -0.195. The average Bonchev–Trinajstić information content (AvgIpc) is 2.77. The van der Waals surface area contributed by atoms with Gasteiger partial charge in [-0.15, -0.1) is 0 Å². The molecule has 0 radical (unpaired) electrons. The Bertz CT molecular complexity index is 251. The Hall–Kier alpha value is -0.570. The molecule has 1 saturated heterocycles. The lowest BCUT2D eigenvalue weighted by atomic mass is 9.84. The molecule has 2 rings (SSSR count). The summed E-state index contributed by atoms with van der Waals surface area (Å²) in [6.07, 6.45) is 10.6. The van der Waals surface area contributed by atoms with Gasteiger partial charge in [-0.05, 0) is 25.7 Å². The monoisotopic (exact) mass is 238 g/mol. The molecule has 0 bridgehead atoms. The third-order valence-corrected chi connectivity index (χ3v) is 4.55. The summed E-state index contributed by atoms with van der Waals surface area (Å²) in [4.78, 5) is 14.8. The Balaban J connectivity index is 2.00. The van der Waals surface area contributed by atoms with E-state index < -0.39 is 0 Å². The first-order valence-electron chi connectivity index (χ1n) is 7.28. The molecule has 2 aliphatic rings. The summed E-state index contributed by atoms with van der Waals surface area (Å²) in [7, 11) is 0. The molecular weight excluding hydrogens is 212 g/mol. The van der Waals surface area contributed by atoms with E-state index in [1.54, 1.807) is 0 Å². The van der Waals surface area contributed by atoms with Crippen LogP contribution in [0.1, 0.15) is 57.8 Å². The van der Waals surface area contributed by atoms with Gasteiger partial charge in [-0.1, -0.05) is 32.1 Å². The van der Waals surface area contributed by atoms with Crippen LogP contribution in [0.25, 0.3) is 0 Å². The number of carbonyl (C=O) groups excluding carboxylic acids is 1. The fourth-order valence-electron chi connectivity index (χ4n) is 3.34. The quantitative estimate of drug-likeness (QED) is 0.802. The SMILES string of the molecule is NCC1(C(=O)N2CCCCCCC2)CCCC1. The number of nitrogens with two attached hydrogens (primary N) is 1. The maximum atomic E-state index is 12.7. The molecule has 0 atom stereocenters. The van der Waals surface area contributed by atoms with Crippen LogP contribution in [0.15, 0.2) is 0 Å². The second kappa shape index (κ2) is 5.85. The molecule has 1 amide bonds. The largest absolute Gasteiger partial charge is 0.342 e. The predicted octanol–water partition coefficient (Wildman–Crippen LogP) is 2.30. The van der Waals surface area contributed by atoms with Gasteiger partial charge in [-0.25, -0.2) is 0 Å². The standard InChI is InChI=1S/C14H26N2O/c15-12-14(8-4-5-9-14)13(17)16-10-6-2-1-3-7-11-16/h1-12,15H2. The zero-order valence-electron chi connectivity index (χ0n) is 10.9. The molecule has 1 aliphatic carbocycles. The van der Waals surface area contributed by atoms with Crippen molar-refractivity contribution < 1.29 is 4.79 Å². The normalized spacial score (nSPS) is 25.4. The molecule has 0 aromatic carbocycles. The second-order valence-corrected chi connectivity index (χ2v) is 5.75. The van der Waals surface area contributed by atoms with Crippen molar-refractivity contribution in [2.75, 3.05) is 19.6 Å². The van der Waals surface area contributed by atoms with Crippen LogP contribution < -0.4 is 5.73 Å². The van der Waals surface area contributed by atoms with Crippen LogP contribution in [-0.2, 0) is 4.79 Å². The topological polar surface area (TPSA) is 46.3 Å². The Morgan fingerprint density at radius 1 is 0.941 bits per heavy atom. The lowest BCUT2D eigenvalue weighted by Gasteiger charge is -2.34. The Kier molecular flexibility index (Phi) is 4.43. The van der Waals surface area contributed by atoms with Gasteiger partial charge in [-0.3, -0.25) is 4.79 Å². The van der Waals surface area contributed by atoms with Crippen molar-refractivity contribution in [1.29, 1.82) is 0 Å². The molecule has 0 aromatic heterocycles. The molecule has 2 N–H and O–H groups in total. The van der Waals surface area contributed by atoms with Gasteiger partial charge in [0.15, 0.2) is 0 Å².